The first-order chi connectivity index (χ1) is 10.3. The van der Waals surface area contributed by atoms with Gasteiger partial charge in [-0.2, -0.15) is 5.26 Å². The number of hydrogen-bond donors (Lipinski definition) is 1. The highest BCUT2D eigenvalue weighted by atomic mass is 15.0. The molecule has 0 spiro atoms. The van der Waals surface area contributed by atoms with Crippen LogP contribution < -0.4 is 5.32 Å². The summed E-state index contributed by atoms with van der Waals surface area (Å²) in [6.07, 6.45) is 3.26. The zero-order valence-electron chi connectivity index (χ0n) is 12.7. The number of hydrogen-bond acceptors (Lipinski definition) is 3. The number of pyridine rings is 1. The maximum atomic E-state index is 9.14. The number of nitrogens with one attached hydrogen (secondary N) is 1. The number of aromatic nitrogens is 1. The normalized spacial score (nSPS) is 10.1. The third-order valence-electron chi connectivity index (χ3n) is 3.35. The van der Waals surface area contributed by atoms with Gasteiger partial charge in [0.2, 0.25) is 0 Å². The van der Waals surface area contributed by atoms with E-state index in [4.69, 9.17) is 5.26 Å². The standard InChI is InChI=1S/C18H21N3/c1-3-5-14-6-8-15(9-7-14)17-11-10-16(13-19)18(21-17)20-12-4-2/h6-11H,3-5,12H2,1-2H3,(H,20,21). The van der Waals surface area contributed by atoms with Crippen LogP contribution in [0.1, 0.15) is 37.8 Å². The molecule has 2 aromatic rings. The van der Waals surface area contributed by atoms with Crippen LogP contribution in [0.15, 0.2) is 36.4 Å². The van der Waals surface area contributed by atoms with Gasteiger partial charge in [-0.05, 0) is 30.5 Å². The molecule has 0 amide bonds. The van der Waals surface area contributed by atoms with Gasteiger partial charge in [0.1, 0.15) is 11.9 Å². The lowest BCUT2D eigenvalue weighted by molar-refractivity contribution is 0.922. The van der Waals surface area contributed by atoms with Crippen LogP contribution in [0, 0.1) is 11.3 Å². The predicted octanol–water partition coefficient (Wildman–Crippen LogP) is 4.39. The van der Waals surface area contributed by atoms with Crippen LogP contribution in [-0.4, -0.2) is 11.5 Å². The van der Waals surface area contributed by atoms with Crippen LogP contribution in [0.2, 0.25) is 0 Å². The molecule has 108 valence electrons. The molecule has 0 saturated heterocycles. The molecule has 0 unspecified atom stereocenters. The molecular weight excluding hydrogens is 258 g/mol. The second kappa shape index (κ2) is 7.44. The zero-order chi connectivity index (χ0) is 15.1. The highest BCUT2D eigenvalue weighted by Gasteiger charge is 2.06. The van der Waals surface area contributed by atoms with Crippen molar-refractivity contribution < 1.29 is 0 Å². The Kier molecular flexibility index (Phi) is 5.34. The summed E-state index contributed by atoms with van der Waals surface area (Å²) in [7, 11) is 0. The van der Waals surface area contributed by atoms with E-state index >= 15 is 0 Å². The second-order valence-corrected chi connectivity index (χ2v) is 5.08. The Hall–Kier alpha value is -2.34. The number of benzene rings is 1. The van der Waals surface area contributed by atoms with Gasteiger partial charge in [0, 0.05) is 12.1 Å². The molecule has 1 aromatic carbocycles. The SMILES string of the molecule is CCCNc1nc(-c2ccc(CCC)cc2)ccc1C#N. The van der Waals surface area contributed by atoms with Crippen molar-refractivity contribution in [1.82, 2.24) is 4.98 Å². The minimum absolute atomic E-state index is 0.592. The maximum Gasteiger partial charge on any atom is 0.144 e. The van der Waals surface area contributed by atoms with E-state index in [1.165, 1.54) is 5.56 Å². The summed E-state index contributed by atoms with van der Waals surface area (Å²) in [6, 6.07) is 14.4. The van der Waals surface area contributed by atoms with Gasteiger partial charge < -0.3 is 5.32 Å². The van der Waals surface area contributed by atoms with Crippen molar-refractivity contribution in [2.24, 2.45) is 0 Å². The van der Waals surface area contributed by atoms with E-state index in [1.807, 2.05) is 12.1 Å². The minimum Gasteiger partial charge on any atom is -0.369 e. The van der Waals surface area contributed by atoms with Crippen molar-refractivity contribution in [2.45, 2.75) is 33.1 Å². The molecule has 21 heavy (non-hydrogen) atoms. The zero-order valence-corrected chi connectivity index (χ0v) is 12.7. The average molecular weight is 279 g/mol. The van der Waals surface area contributed by atoms with Crippen molar-refractivity contribution in [3.63, 3.8) is 0 Å². The lowest BCUT2D eigenvalue weighted by Gasteiger charge is -2.09. The van der Waals surface area contributed by atoms with Crippen LogP contribution in [0.25, 0.3) is 11.3 Å². The monoisotopic (exact) mass is 279 g/mol. The Balaban J connectivity index is 2.29. The lowest BCUT2D eigenvalue weighted by atomic mass is 10.1. The number of nitriles is 1. The fourth-order valence-corrected chi connectivity index (χ4v) is 2.22. The van der Waals surface area contributed by atoms with Gasteiger partial charge in [-0.3, -0.25) is 0 Å². The average Bonchev–Trinajstić information content (AvgIpc) is 2.53. The molecule has 0 aliphatic rings. The van der Waals surface area contributed by atoms with E-state index in [0.29, 0.717) is 11.4 Å². The molecule has 0 aliphatic carbocycles. The molecule has 0 aliphatic heterocycles. The highest BCUT2D eigenvalue weighted by Crippen LogP contribution is 2.22. The summed E-state index contributed by atoms with van der Waals surface area (Å²) in [5, 5.41) is 12.4. The van der Waals surface area contributed by atoms with Crippen LogP contribution in [-0.2, 0) is 6.42 Å². The third kappa shape index (κ3) is 3.82. The minimum atomic E-state index is 0.592. The summed E-state index contributed by atoms with van der Waals surface area (Å²) >= 11 is 0. The molecule has 0 saturated carbocycles. The van der Waals surface area contributed by atoms with Crippen LogP contribution >= 0.6 is 0 Å². The number of anilines is 1. The van der Waals surface area contributed by atoms with Gasteiger partial charge in [0.25, 0.3) is 0 Å². The summed E-state index contributed by atoms with van der Waals surface area (Å²) in [6.45, 7) is 5.09. The molecule has 1 aromatic heterocycles. The van der Waals surface area contributed by atoms with Gasteiger partial charge in [-0.25, -0.2) is 4.98 Å². The number of aryl methyl sites for hydroxylation is 1. The molecule has 0 fully saturated rings. The van der Waals surface area contributed by atoms with Gasteiger partial charge in [0.15, 0.2) is 0 Å². The van der Waals surface area contributed by atoms with Crippen molar-refractivity contribution in [1.29, 1.82) is 5.26 Å². The molecule has 3 nitrogen and oxygen atoms in total. The van der Waals surface area contributed by atoms with E-state index in [9.17, 15) is 0 Å². The largest absolute Gasteiger partial charge is 0.369 e. The van der Waals surface area contributed by atoms with Gasteiger partial charge in [0.05, 0.1) is 11.3 Å². The fourth-order valence-electron chi connectivity index (χ4n) is 2.22. The summed E-state index contributed by atoms with van der Waals surface area (Å²) in [4.78, 5) is 4.59. The first kappa shape index (κ1) is 15.1. The Labute approximate surface area is 126 Å². The van der Waals surface area contributed by atoms with E-state index in [1.54, 1.807) is 0 Å². The Morgan fingerprint density at radius 2 is 1.81 bits per heavy atom. The van der Waals surface area contributed by atoms with E-state index in [-0.39, 0.29) is 0 Å². The molecule has 0 radical (unpaired) electrons. The third-order valence-corrected chi connectivity index (χ3v) is 3.35. The van der Waals surface area contributed by atoms with Gasteiger partial charge in [-0.1, -0.05) is 44.5 Å². The Morgan fingerprint density at radius 3 is 2.43 bits per heavy atom. The smallest absolute Gasteiger partial charge is 0.144 e. The fraction of sp³-hybridized carbons (Fsp3) is 0.333. The first-order valence-corrected chi connectivity index (χ1v) is 7.52. The lowest BCUT2D eigenvalue weighted by Crippen LogP contribution is -2.04. The molecule has 0 bridgehead atoms. The Bertz CT molecular complexity index is 624. The van der Waals surface area contributed by atoms with Crippen molar-refractivity contribution in [3.8, 4) is 17.3 Å². The van der Waals surface area contributed by atoms with Crippen molar-refractivity contribution >= 4 is 5.82 Å². The predicted molar refractivity (Wildman–Crippen MR) is 87.2 cm³/mol. The molecule has 2 rings (SSSR count). The molecule has 1 heterocycles. The van der Waals surface area contributed by atoms with Crippen molar-refractivity contribution in [3.05, 3.63) is 47.5 Å². The van der Waals surface area contributed by atoms with E-state index in [2.05, 4.69) is 54.5 Å². The summed E-state index contributed by atoms with van der Waals surface area (Å²) < 4.78 is 0. The first-order valence-electron chi connectivity index (χ1n) is 7.52. The van der Waals surface area contributed by atoms with E-state index in [0.717, 1.165) is 37.1 Å². The van der Waals surface area contributed by atoms with Crippen LogP contribution in [0.4, 0.5) is 5.82 Å². The van der Waals surface area contributed by atoms with Crippen LogP contribution in [0.5, 0.6) is 0 Å². The highest BCUT2D eigenvalue weighted by molar-refractivity contribution is 5.65. The van der Waals surface area contributed by atoms with Crippen LogP contribution in [0.3, 0.4) is 0 Å². The topological polar surface area (TPSA) is 48.7 Å². The summed E-state index contributed by atoms with van der Waals surface area (Å²) in [5.74, 6) is 0.675. The van der Waals surface area contributed by atoms with E-state index < -0.39 is 0 Å². The molecule has 1 N–H and O–H groups in total. The quantitative estimate of drug-likeness (QED) is 0.852. The maximum absolute atomic E-state index is 9.14. The molecular formula is C18H21N3. The Morgan fingerprint density at radius 1 is 1.05 bits per heavy atom. The van der Waals surface area contributed by atoms with Gasteiger partial charge in [-0.15, -0.1) is 0 Å². The summed E-state index contributed by atoms with van der Waals surface area (Å²) in [5.41, 5.74) is 3.92. The number of nitrogens with zero attached hydrogens (tertiary/aromatic N) is 2. The number of rotatable bonds is 6. The van der Waals surface area contributed by atoms with Crippen molar-refractivity contribution in [2.75, 3.05) is 11.9 Å². The molecule has 3 heteroatoms. The second-order valence-electron chi connectivity index (χ2n) is 5.08. The molecule has 0 atom stereocenters. The van der Waals surface area contributed by atoms with Gasteiger partial charge >= 0.3 is 0 Å².